The quantitative estimate of drug-likeness (QED) is 0.778. The van der Waals surface area contributed by atoms with Crippen LogP contribution >= 0.6 is 0 Å². The maximum Gasteiger partial charge on any atom is 0.142 e. The van der Waals surface area contributed by atoms with Gasteiger partial charge in [0.1, 0.15) is 5.75 Å². The van der Waals surface area contributed by atoms with Crippen LogP contribution < -0.4 is 15.8 Å². The fourth-order valence-electron chi connectivity index (χ4n) is 1.75. The third-order valence-electron chi connectivity index (χ3n) is 2.63. The summed E-state index contributed by atoms with van der Waals surface area (Å²) in [5.74, 6) is 0.867. The molecule has 0 fully saturated rings. The van der Waals surface area contributed by atoms with Crippen LogP contribution in [0.3, 0.4) is 0 Å². The molecule has 0 heterocycles. The summed E-state index contributed by atoms with van der Waals surface area (Å²) in [5.41, 5.74) is 7.73. The number of hydrogen-bond donors (Lipinski definition) is 2. The third kappa shape index (κ3) is 3.42. The van der Waals surface area contributed by atoms with Gasteiger partial charge in [-0.25, -0.2) is 0 Å². The second-order valence-corrected chi connectivity index (χ2v) is 4.07. The van der Waals surface area contributed by atoms with Gasteiger partial charge in [-0.15, -0.1) is 0 Å². The Kier molecular flexibility index (Phi) is 5.12. The maximum absolute atomic E-state index is 5.60. The Morgan fingerprint density at radius 2 is 2.19 bits per heavy atom. The van der Waals surface area contributed by atoms with Crippen molar-refractivity contribution in [1.29, 1.82) is 0 Å². The Morgan fingerprint density at radius 3 is 2.75 bits per heavy atom. The lowest BCUT2D eigenvalue weighted by Crippen LogP contribution is -2.15. The average molecular weight is 222 g/mol. The van der Waals surface area contributed by atoms with Crippen molar-refractivity contribution in [1.82, 2.24) is 0 Å². The van der Waals surface area contributed by atoms with Gasteiger partial charge in [-0.3, -0.25) is 0 Å². The molecule has 90 valence electrons. The molecule has 0 bridgehead atoms. The molecule has 3 heteroatoms. The van der Waals surface area contributed by atoms with Crippen LogP contribution in [0.5, 0.6) is 5.75 Å². The summed E-state index contributed by atoms with van der Waals surface area (Å²) in [6.45, 7) is 4.91. The van der Waals surface area contributed by atoms with E-state index < -0.39 is 0 Å². The van der Waals surface area contributed by atoms with Gasteiger partial charge < -0.3 is 15.8 Å². The van der Waals surface area contributed by atoms with Gasteiger partial charge in [0.2, 0.25) is 0 Å². The second-order valence-electron chi connectivity index (χ2n) is 4.07. The van der Waals surface area contributed by atoms with E-state index >= 15 is 0 Å². The summed E-state index contributed by atoms with van der Waals surface area (Å²) in [6, 6.07) is 6.51. The van der Waals surface area contributed by atoms with Gasteiger partial charge in [-0.2, -0.15) is 0 Å². The number of methoxy groups -OCH3 is 1. The summed E-state index contributed by atoms with van der Waals surface area (Å²) in [6.07, 6.45) is 2.33. The zero-order chi connectivity index (χ0) is 12.0. The number of benzene rings is 1. The summed E-state index contributed by atoms with van der Waals surface area (Å²) in [4.78, 5) is 0. The van der Waals surface area contributed by atoms with E-state index in [4.69, 9.17) is 10.5 Å². The predicted octanol–water partition coefficient (Wildman–Crippen LogP) is 2.75. The van der Waals surface area contributed by atoms with Crippen molar-refractivity contribution in [2.24, 2.45) is 5.73 Å². The number of ether oxygens (including phenoxy) is 1. The van der Waals surface area contributed by atoms with E-state index in [-0.39, 0.29) is 0 Å². The molecular formula is C13H22N2O. The van der Waals surface area contributed by atoms with Crippen molar-refractivity contribution in [2.45, 2.75) is 39.3 Å². The maximum atomic E-state index is 5.60. The molecule has 0 saturated heterocycles. The molecule has 0 aliphatic carbocycles. The smallest absolute Gasteiger partial charge is 0.142 e. The van der Waals surface area contributed by atoms with Crippen LogP contribution in [0.4, 0.5) is 5.69 Å². The zero-order valence-corrected chi connectivity index (χ0v) is 10.4. The molecular weight excluding hydrogens is 200 g/mol. The van der Waals surface area contributed by atoms with Gasteiger partial charge in [0.15, 0.2) is 0 Å². The largest absolute Gasteiger partial charge is 0.495 e. The predicted molar refractivity (Wildman–Crippen MR) is 68.9 cm³/mol. The van der Waals surface area contributed by atoms with Crippen molar-refractivity contribution >= 4 is 5.69 Å². The minimum atomic E-state index is 0.461. The first-order valence-electron chi connectivity index (χ1n) is 5.84. The highest BCUT2D eigenvalue weighted by molar-refractivity contribution is 5.58. The van der Waals surface area contributed by atoms with Gasteiger partial charge in [0.25, 0.3) is 0 Å². The van der Waals surface area contributed by atoms with Gasteiger partial charge in [-0.05, 0) is 31.0 Å². The highest BCUT2D eigenvalue weighted by Crippen LogP contribution is 2.26. The second kappa shape index (κ2) is 6.38. The van der Waals surface area contributed by atoms with Crippen LogP contribution in [0.2, 0.25) is 0 Å². The third-order valence-corrected chi connectivity index (χ3v) is 2.63. The molecule has 1 unspecified atom stereocenters. The highest BCUT2D eigenvalue weighted by Gasteiger charge is 2.06. The molecule has 1 atom stereocenters. The molecule has 0 amide bonds. The van der Waals surface area contributed by atoms with Crippen molar-refractivity contribution in [3.63, 3.8) is 0 Å². The van der Waals surface area contributed by atoms with Gasteiger partial charge >= 0.3 is 0 Å². The first kappa shape index (κ1) is 12.8. The summed E-state index contributed by atoms with van der Waals surface area (Å²) < 4.78 is 5.35. The Bertz CT molecular complexity index is 326. The molecule has 3 N–H and O–H groups in total. The fourth-order valence-corrected chi connectivity index (χ4v) is 1.75. The Labute approximate surface area is 98.0 Å². The number of nitrogens with two attached hydrogens (primary N) is 1. The lowest BCUT2D eigenvalue weighted by molar-refractivity contribution is 0.415. The average Bonchev–Trinajstić information content (AvgIpc) is 2.30. The van der Waals surface area contributed by atoms with E-state index in [2.05, 4.69) is 19.2 Å². The SMILES string of the molecule is CCCC(C)Nc1ccc(CN)cc1OC. The number of anilines is 1. The van der Waals surface area contributed by atoms with E-state index in [1.54, 1.807) is 7.11 Å². The Balaban J connectivity index is 2.78. The van der Waals surface area contributed by atoms with Crippen molar-refractivity contribution in [3.05, 3.63) is 23.8 Å². The molecule has 0 aliphatic heterocycles. The van der Waals surface area contributed by atoms with Crippen LogP contribution in [-0.2, 0) is 6.54 Å². The molecule has 0 aromatic heterocycles. The zero-order valence-electron chi connectivity index (χ0n) is 10.4. The first-order valence-corrected chi connectivity index (χ1v) is 5.84. The number of hydrogen-bond acceptors (Lipinski definition) is 3. The molecule has 0 spiro atoms. The highest BCUT2D eigenvalue weighted by atomic mass is 16.5. The van der Waals surface area contributed by atoms with Crippen molar-refractivity contribution in [2.75, 3.05) is 12.4 Å². The van der Waals surface area contributed by atoms with Gasteiger partial charge in [0, 0.05) is 12.6 Å². The minimum absolute atomic E-state index is 0.461. The lowest BCUT2D eigenvalue weighted by atomic mass is 10.1. The van der Waals surface area contributed by atoms with Gasteiger partial charge in [0.05, 0.1) is 12.8 Å². The van der Waals surface area contributed by atoms with E-state index in [0.29, 0.717) is 12.6 Å². The molecule has 0 saturated carbocycles. The summed E-state index contributed by atoms with van der Waals surface area (Å²) >= 11 is 0. The summed E-state index contributed by atoms with van der Waals surface area (Å²) in [5, 5.41) is 3.45. The summed E-state index contributed by atoms with van der Waals surface area (Å²) in [7, 11) is 1.69. The Morgan fingerprint density at radius 1 is 1.44 bits per heavy atom. The van der Waals surface area contributed by atoms with Crippen LogP contribution in [-0.4, -0.2) is 13.2 Å². The molecule has 1 aromatic rings. The molecule has 16 heavy (non-hydrogen) atoms. The molecule has 3 nitrogen and oxygen atoms in total. The monoisotopic (exact) mass is 222 g/mol. The van der Waals surface area contributed by atoms with Crippen LogP contribution in [0.1, 0.15) is 32.3 Å². The topological polar surface area (TPSA) is 47.3 Å². The molecule has 1 rings (SSSR count). The van der Waals surface area contributed by atoms with E-state index in [0.717, 1.165) is 23.4 Å². The normalized spacial score (nSPS) is 12.2. The Hall–Kier alpha value is -1.22. The number of rotatable bonds is 6. The number of nitrogens with one attached hydrogen (secondary N) is 1. The minimum Gasteiger partial charge on any atom is -0.495 e. The van der Waals surface area contributed by atoms with E-state index in [9.17, 15) is 0 Å². The first-order chi connectivity index (χ1) is 7.71. The molecule has 0 radical (unpaired) electrons. The van der Waals surface area contributed by atoms with Crippen molar-refractivity contribution < 1.29 is 4.74 Å². The van der Waals surface area contributed by atoms with E-state index in [1.165, 1.54) is 6.42 Å². The lowest BCUT2D eigenvalue weighted by Gasteiger charge is -2.17. The molecule has 1 aromatic carbocycles. The fraction of sp³-hybridized carbons (Fsp3) is 0.538. The molecule has 0 aliphatic rings. The van der Waals surface area contributed by atoms with Gasteiger partial charge in [-0.1, -0.05) is 19.4 Å². The standard InChI is InChI=1S/C13H22N2O/c1-4-5-10(2)15-12-7-6-11(9-14)8-13(12)16-3/h6-8,10,15H,4-5,9,14H2,1-3H3. The van der Waals surface area contributed by atoms with E-state index in [1.807, 2.05) is 18.2 Å². The van der Waals surface area contributed by atoms with Crippen LogP contribution in [0, 0.1) is 0 Å². The van der Waals surface area contributed by atoms with Crippen molar-refractivity contribution in [3.8, 4) is 5.75 Å². The van der Waals surface area contributed by atoms with Crippen LogP contribution in [0.25, 0.3) is 0 Å². The van der Waals surface area contributed by atoms with Crippen LogP contribution in [0.15, 0.2) is 18.2 Å².